The number of ether oxygens (including phenoxy) is 1. The highest BCUT2D eigenvalue weighted by Crippen LogP contribution is 2.46. The van der Waals surface area contributed by atoms with Crippen LogP contribution in [0.25, 0.3) is 0 Å². The van der Waals surface area contributed by atoms with Crippen molar-refractivity contribution in [1.29, 1.82) is 0 Å². The second-order valence-electron chi connectivity index (χ2n) is 9.18. The Balaban J connectivity index is 3.63. The molecule has 0 radical (unpaired) electrons. The zero-order valence-electron chi connectivity index (χ0n) is 21.3. The number of hydrogen-bond acceptors (Lipinski definition) is 3. The lowest BCUT2D eigenvalue weighted by atomic mass is 10.0. The van der Waals surface area contributed by atoms with Crippen LogP contribution >= 0.6 is 0 Å². The number of carbonyl (C=O) groups excluding carboxylic acids is 2. The van der Waals surface area contributed by atoms with Crippen molar-refractivity contribution in [2.24, 2.45) is 0 Å². The first-order valence-electron chi connectivity index (χ1n) is 13.1. The fraction of sp³-hybridized carbons (Fsp3) is 0.920. The molecule has 214 valence electrons. The maximum Gasteiger partial charge on any atom is 0.460 e. The van der Waals surface area contributed by atoms with Gasteiger partial charge in [-0.25, -0.2) is 0 Å². The first-order chi connectivity index (χ1) is 16.9. The number of carbonyl (C=O) groups is 2. The molecule has 0 bridgehead atoms. The van der Waals surface area contributed by atoms with Gasteiger partial charge in [-0.05, 0) is 6.42 Å². The van der Waals surface area contributed by atoms with Gasteiger partial charge in [0.1, 0.15) is 0 Å². The van der Waals surface area contributed by atoms with Crippen molar-refractivity contribution in [1.82, 2.24) is 5.32 Å². The molecule has 0 aliphatic carbocycles. The van der Waals surface area contributed by atoms with E-state index in [4.69, 9.17) is 4.74 Å². The molecular formula is C25H42F7NO3. The lowest BCUT2D eigenvalue weighted by Gasteiger charge is -2.26. The van der Waals surface area contributed by atoms with E-state index >= 15 is 0 Å². The molecule has 0 atom stereocenters. The van der Waals surface area contributed by atoms with Gasteiger partial charge in [0.05, 0.1) is 13.0 Å². The van der Waals surface area contributed by atoms with Gasteiger partial charge in [0, 0.05) is 6.54 Å². The summed E-state index contributed by atoms with van der Waals surface area (Å²) in [4.78, 5) is 22.6. The monoisotopic (exact) mass is 537 g/mol. The minimum atomic E-state index is -6.60. The van der Waals surface area contributed by atoms with Gasteiger partial charge in [-0.2, -0.15) is 30.7 Å². The molecule has 0 heterocycles. The standard InChI is InChI=1S/C25H42F7NO3/c1-2-3-4-5-6-7-8-9-10-11-12-13-14-15-16-17-20-36-21(34)18-19-33-22(35)23(26,27)24(28,29)25(30,31)32/h2-20H2,1H3,(H,33,35). The van der Waals surface area contributed by atoms with E-state index in [0.29, 0.717) is 6.42 Å². The van der Waals surface area contributed by atoms with Crippen LogP contribution in [0.4, 0.5) is 30.7 Å². The van der Waals surface area contributed by atoms with E-state index in [-0.39, 0.29) is 6.61 Å². The van der Waals surface area contributed by atoms with Crippen molar-refractivity contribution in [3.05, 3.63) is 0 Å². The summed E-state index contributed by atoms with van der Waals surface area (Å²) in [6, 6.07) is 0. The fourth-order valence-electron chi connectivity index (χ4n) is 3.62. The van der Waals surface area contributed by atoms with Crippen LogP contribution in [0.3, 0.4) is 0 Å². The molecule has 0 aromatic heterocycles. The third kappa shape index (κ3) is 14.3. The van der Waals surface area contributed by atoms with Crippen LogP contribution in [-0.2, 0) is 14.3 Å². The van der Waals surface area contributed by atoms with Gasteiger partial charge in [0.2, 0.25) is 0 Å². The second kappa shape index (κ2) is 18.7. The van der Waals surface area contributed by atoms with Crippen LogP contribution < -0.4 is 5.32 Å². The lowest BCUT2D eigenvalue weighted by molar-refractivity contribution is -0.344. The Morgan fingerprint density at radius 2 is 1.03 bits per heavy atom. The molecule has 0 aromatic carbocycles. The first kappa shape index (κ1) is 34.5. The third-order valence-electron chi connectivity index (χ3n) is 5.91. The number of amides is 1. The van der Waals surface area contributed by atoms with Crippen LogP contribution in [0.1, 0.15) is 116 Å². The highest BCUT2D eigenvalue weighted by atomic mass is 19.4. The van der Waals surface area contributed by atoms with Gasteiger partial charge in [0.25, 0.3) is 5.91 Å². The molecule has 0 fully saturated rings. The largest absolute Gasteiger partial charge is 0.466 e. The van der Waals surface area contributed by atoms with Crippen molar-refractivity contribution in [2.75, 3.05) is 13.2 Å². The minimum Gasteiger partial charge on any atom is -0.466 e. The zero-order valence-corrected chi connectivity index (χ0v) is 21.3. The van der Waals surface area contributed by atoms with Crippen LogP contribution in [0, 0.1) is 0 Å². The Labute approximate surface area is 210 Å². The van der Waals surface area contributed by atoms with E-state index in [0.717, 1.165) is 25.7 Å². The highest BCUT2D eigenvalue weighted by molar-refractivity contribution is 5.85. The minimum absolute atomic E-state index is 0.0769. The smallest absolute Gasteiger partial charge is 0.460 e. The summed E-state index contributed by atoms with van der Waals surface area (Å²) < 4.78 is 92.8. The Morgan fingerprint density at radius 3 is 1.42 bits per heavy atom. The average Bonchev–Trinajstić information content (AvgIpc) is 2.80. The Morgan fingerprint density at radius 1 is 0.639 bits per heavy atom. The summed E-state index contributed by atoms with van der Waals surface area (Å²) in [6.07, 6.45) is 11.7. The van der Waals surface area contributed by atoms with Crippen molar-refractivity contribution < 1.29 is 45.1 Å². The average molecular weight is 538 g/mol. The molecule has 0 saturated heterocycles. The number of halogens is 7. The second-order valence-corrected chi connectivity index (χ2v) is 9.18. The normalized spacial score (nSPS) is 12.6. The lowest BCUT2D eigenvalue weighted by Crippen LogP contribution is -2.59. The van der Waals surface area contributed by atoms with Gasteiger partial charge >= 0.3 is 24.0 Å². The molecule has 0 spiro atoms. The van der Waals surface area contributed by atoms with Crippen molar-refractivity contribution in [2.45, 2.75) is 134 Å². The quantitative estimate of drug-likeness (QED) is 0.0862. The van der Waals surface area contributed by atoms with Crippen LogP contribution in [0.15, 0.2) is 0 Å². The summed E-state index contributed by atoms with van der Waals surface area (Å²) >= 11 is 0. The number of hydrogen-bond donors (Lipinski definition) is 1. The zero-order chi connectivity index (χ0) is 27.5. The molecule has 36 heavy (non-hydrogen) atoms. The number of rotatable bonds is 22. The molecule has 1 amide bonds. The van der Waals surface area contributed by atoms with Gasteiger partial charge in [-0.3, -0.25) is 9.59 Å². The van der Waals surface area contributed by atoms with Crippen LogP contribution in [0.2, 0.25) is 0 Å². The molecule has 0 aliphatic rings. The number of esters is 1. The summed E-state index contributed by atoms with van der Waals surface area (Å²) in [6.45, 7) is 1.45. The van der Waals surface area contributed by atoms with Crippen LogP contribution in [-0.4, -0.2) is 43.0 Å². The molecular weight excluding hydrogens is 495 g/mol. The van der Waals surface area contributed by atoms with Crippen LogP contribution in [0.5, 0.6) is 0 Å². The van der Waals surface area contributed by atoms with Crippen molar-refractivity contribution >= 4 is 11.9 Å². The van der Waals surface area contributed by atoms with E-state index in [1.165, 1.54) is 75.9 Å². The molecule has 11 heteroatoms. The molecule has 0 aromatic rings. The van der Waals surface area contributed by atoms with E-state index < -0.39 is 42.9 Å². The van der Waals surface area contributed by atoms with E-state index in [1.54, 1.807) is 0 Å². The summed E-state index contributed by atoms with van der Waals surface area (Å²) in [7, 11) is 0. The van der Waals surface area contributed by atoms with E-state index in [2.05, 4.69) is 6.92 Å². The molecule has 1 N–H and O–H groups in total. The van der Waals surface area contributed by atoms with Crippen molar-refractivity contribution in [3.63, 3.8) is 0 Å². The van der Waals surface area contributed by atoms with Gasteiger partial charge < -0.3 is 10.1 Å². The predicted molar refractivity (Wildman–Crippen MR) is 124 cm³/mol. The SMILES string of the molecule is CCCCCCCCCCCCCCCCCCOC(=O)CCNC(=O)C(F)(F)C(F)(F)C(F)(F)F. The fourth-order valence-corrected chi connectivity index (χ4v) is 3.62. The number of alkyl halides is 7. The Hall–Kier alpha value is -1.55. The molecule has 0 aliphatic heterocycles. The summed E-state index contributed by atoms with van der Waals surface area (Å²) in [5.41, 5.74) is 0. The number of nitrogens with one attached hydrogen (secondary N) is 1. The summed E-state index contributed by atoms with van der Waals surface area (Å²) in [5, 5.41) is 1.22. The highest BCUT2D eigenvalue weighted by Gasteiger charge is 2.76. The van der Waals surface area contributed by atoms with E-state index in [1.807, 2.05) is 0 Å². The Bertz CT molecular complexity index is 599. The van der Waals surface area contributed by atoms with Gasteiger partial charge in [-0.15, -0.1) is 0 Å². The van der Waals surface area contributed by atoms with E-state index in [9.17, 15) is 40.3 Å². The molecule has 0 saturated carbocycles. The predicted octanol–water partition coefficient (Wildman–Crippen LogP) is 8.13. The maximum atomic E-state index is 13.1. The van der Waals surface area contributed by atoms with Crippen molar-refractivity contribution in [3.8, 4) is 0 Å². The van der Waals surface area contributed by atoms with Gasteiger partial charge in [0.15, 0.2) is 0 Å². The Kier molecular flexibility index (Phi) is 17.9. The number of unbranched alkanes of at least 4 members (excludes halogenated alkanes) is 15. The topological polar surface area (TPSA) is 55.4 Å². The molecule has 0 unspecified atom stereocenters. The molecule has 4 nitrogen and oxygen atoms in total. The molecule has 0 rings (SSSR count). The third-order valence-corrected chi connectivity index (χ3v) is 5.91. The summed E-state index contributed by atoms with van der Waals surface area (Å²) in [5.74, 6) is -16.2. The van der Waals surface area contributed by atoms with Gasteiger partial charge in [-0.1, -0.05) is 103 Å². The first-order valence-corrected chi connectivity index (χ1v) is 13.1. The maximum absolute atomic E-state index is 13.1.